The van der Waals surface area contributed by atoms with Crippen LogP contribution in [-0.4, -0.2) is 38.2 Å². The zero-order valence-electron chi connectivity index (χ0n) is 13.9. The van der Waals surface area contributed by atoms with Gasteiger partial charge in [0.25, 0.3) is 11.5 Å². The van der Waals surface area contributed by atoms with Gasteiger partial charge < -0.3 is 20.3 Å². The van der Waals surface area contributed by atoms with Crippen molar-refractivity contribution in [3.05, 3.63) is 63.6 Å². The van der Waals surface area contributed by atoms with Gasteiger partial charge in [-0.15, -0.1) is 0 Å². The molecule has 2 aromatic rings. The molecule has 9 nitrogen and oxygen atoms in total. The van der Waals surface area contributed by atoms with Gasteiger partial charge in [-0.05, 0) is 17.7 Å². The van der Waals surface area contributed by atoms with Gasteiger partial charge in [-0.1, -0.05) is 12.6 Å². The molecule has 1 aliphatic heterocycles. The van der Waals surface area contributed by atoms with Crippen LogP contribution in [0.5, 0.6) is 5.75 Å². The van der Waals surface area contributed by atoms with Gasteiger partial charge in [-0.2, -0.15) is 0 Å². The molecule has 0 fully saturated rings. The maximum absolute atomic E-state index is 13.2. The van der Waals surface area contributed by atoms with Crippen LogP contribution in [0.3, 0.4) is 0 Å². The number of carboxylic acid groups (broad SMARTS) is 1. The first-order valence-electron chi connectivity index (χ1n) is 7.75. The summed E-state index contributed by atoms with van der Waals surface area (Å²) >= 11 is 0. The maximum atomic E-state index is 13.2. The Labute approximate surface area is 151 Å². The number of amides is 1. The average molecular weight is 375 g/mol. The highest BCUT2D eigenvalue weighted by Crippen LogP contribution is 2.19. The number of aromatic hydroxyl groups is 1. The fourth-order valence-electron chi connectivity index (χ4n) is 2.61. The van der Waals surface area contributed by atoms with Crippen LogP contribution in [0.2, 0.25) is 0 Å². The first-order valence-corrected chi connectivity index (χ1v) is 7.75. The van der Waals surface area contributed by atoms with Crippen LogP contribution in [0.4, 0.5) is 4.39 Å². The summed E-state index contributed by atoms with van der Waals surface area (Å²) in [7, 11) is 0. The highest BCUT2D eigenvalue weighted by molar-refractivity contribution is 5.95. The number of halogens is 1. The number of nitrogens with one attached hydrogen (secondary N) is 1. The molecule has 27 heavy (non-hydrogen) atoms. The maximum Gasteiger partial charge on any atom is 0.336 e. The number of carbonyl (C=O) groups excluding carboxylic acids is 1. The van der Waals surface area contributed by atoms with E-state index in [0.29, 0.717) is 0 Å². The van der Waals surface area contributed by atoms with E-state index < -0.39 is 34.7 Å². The predicted octanol–water partition coefficient (Wildman–Crippen LogP) is 0.717. The molecule has 0 atom stereocenters. The van der Waals surface area contributed by atoms with Crippen molar-refractivity contribution in [3.63, 3.8) is 0 Å². The van der Waals surface area contributed by atoms with Gasteiger partial charge >= 0.3 is 5.97 Å². The van der Waals surface area contributed by atoms with Crippen molar-refractivity contribution in [2.24, 2.45) is 0 Å². The Hall–Kier alpha value is -3.69. The molecule has 0 aliphatic carbocycles. The molecule has 0 unspecified atom stereocenters. The highest BCUT2D eigenvalue weighted by atomic mass is 19.1. The van der Waals surface area contributed by atoms with Crippen LogP contribution in [0.15, 0.2) is 29.6 Å². The molecule has 140 valence electrons. The molecular formula is C17H14FN3O6. The Morgan fingerprint density at radius 2 is 2.15 bits per heavy atom. The number of nitrogens with zero attached hydrogens (tertiary/aromatic N) is 2. The fraction of sp³-hybridized carbons (Fsp3) is 0.176. The Kier molecular flexibility index (Phi) is 4.63. The second-order valence-corrected chi connectivity index (χ2v) is 5.65. The monoisotopic (exact) mass is 375 g/mol. The second kappa shape index (κ2) is 6.90. The first kappa shape index (κ1) is 18.1. The molecule has 10 heteroatoms. The first-order chi connectivity index (χ1) is 12.8. The highest BCUT2D eigenvalue weighted by Gasteiger charge is 2.25. The van der Waals surface area contributed by atoms with E-state index in [9.17, 15) is 23.9 Å². The molecule has 1 aromatic heterocycles. The standard InChI is InChI=1S/C17H14FN3O6/c1-8-14-20-12(13(22)16(24)21(14)4-5-27-8)15(23)19-7-9-2-3-10(18)6-11(9)17(25)26/h2-3,6,22H,1,4-5,7H2,(H,19,23)(H,25,26). The third-order valence-corrected chi connectivity index (χ3v) is 3.94. The lowest BCUT2D eigenvalue weighted by Gasteiger charge is -2.21. The average Bonchev–Trinajstić information content (AvgIpc) is 2.63. The molecule has 0 saturated heterocycles. The third-order valence-electron chi connectivity index (χ3n) is 3.94. The smallest absolute Gasteiger partial charge is 0.336 e. The number of hydrogen-bond acceptors (Lipinski definition) is 6. The van der Waals surface area contributed by atoms with E-state index in [4.69, 9.17) is 9.84 Å². The third kappa shape index (κ3) is 3.36. The number of aromatic nitrogens is 2. The van der Waals surface area contributed by atoms with Crippen LogP contribution in [-0.2, 0) is 17.8 Å². The molecule has 3 N–H and O–H groups in total. The minimum atomic E-state index is -1.36. The van der Waals surface area contributed by atoms with Crippen molar-refractivity contribution < 1.29 is 28.9 Å². The number of carboxylic acids is 1. The van der Waals surface area contributed by atoms with Gasteiger partial charge in [0.2, 0.25) is 5.75 Å². The zero-order valence-corrected chi connectivity index (χ0v) is 13.9. The summed E-state index contributed by atoms with van der Waals surface area (Å²) in [4.78, 5) is 39.7. The summed E-state index contributed by atoms with van der Waals surface area (Å²) in [6.45, 7) is 3.65. The zero-order chi connectivity index (χ0) is 19.7. The Morgan fingerprint density at radius 3 is 2.85 bits per heavy atom. The lowest BCUT2D eigenvalue weighted by atomic mass is 10.1. The number of carbonyl (C=O) groups is 2. The number of ether oxygens (including phenoxy) is 1. The number of aromatic carboxylic acids is 1. The summed E-state index contributed by atoms with van der Waals surface area (Å²) in [6.07, 6.45) is 0. The molecule has 3 rings (SSSR count). The molecule has 2 heterocycles. The predicted molar refractivity (Wildman–Crippen MR) is 89.7 cm³/mol. The van der Waals surface area contributed by atoms with E-state index in [1.807, 2.05) is 0 Å². The van der Waals surface area contributed by atoms with Crippen LogP contribution < -0.4 is 10.9 Å². The van der Waals surface area contributed by atoms with Crippen molar-refractivity contribution >= 4 is 17.6 Å². The minimum absolute atomic E-state index is 0.0159. The summed E-state index contributed by atoms with van der Waals surface area (Å²) in [6, 6.07) is 3.09. The molecule has 0 radical (unpaired) electrons. The lowest BCUT2D eigenvalue weighted by Crippen LogP contribution is -2.34. The van der Waals surface area contributed by atoms with Crippen molar-refractivity contribution in [1.29, 1.82) is 0 Å². The van der Waals surface area contributed by atoms with Gasteiger partial charge in [-0.25, -0.2) is 14.2 Å². The van der Waals surface area contributed by atoms with Crippen LogP contribution in [0.25, 0.3) is 5.76 Å². The van der Waals surface area contributed by atoms with Gasteiger partial charge in [0, 0.05) is 6.54 Å². The van der Waals surface area contributed by atoms with Crippen molar-refractivity contribution in [2.75, 3.05) is 6.61 Å². The molecule has 1 aliphatic rings. The van der Waals surface area contributed by atoms with Gasteiger partial charge in [0.15, 0.2) is 17.3 Å². The number of benzene rings is 1. The number of hydrogen-bond donors (Lipinski definition) is 3. The quantitative estimate of drug-likeness (QED) is 0.717. The van der Waals surface area contributed by atoms with Gasteiger partial charge in [0.1, 0.15) is 12.4 Å². The Bertz CT molecular complexity index is 1030. The van der Waals surface area contributed by atoms with Crippen molar-refractivity contribution in [2.45, 2.75) is 13.1 Å². The van der Waals surface area contributed by atoms with E-state index in [-0.39, 0.29) is 42.4 Å². The minimum Gasteiger partial charge on any atom is -0.501 e. The second-order valence-electron chi connectivity index (χ2n) is 5.65. The van der Waals surface area contributed by atoms with E-state index >= 15 is 0 Å². The SMILES string of the molecule is C=C1OCCn2c1nc(C(=O)NCc1ccc(F)cc1C(=O)O)c(O)c2=O. The molecule has 0 spiro atoms. The van der Waals surface area contributed by atoms with Crippen LogP contribution >= 0.6 is 0 Å². The summed E-state index contributed by atoms with van der Waals surface area (Å²) in [5, 5.41) is 21.5. The lowest BCUT2D eigenvalue weighted by molar-refractivity contribution is 0.0693. The van der Waals surface area contributed by atoms with Gasteiger partial charge in [0.05, 0.1) is 12.1 Å². The molecule has 1 amide bonds. The Balaban J connectivity index is 1.89. The number of fused-ring (bicyclic) bond motifs is 1. The normalized spacial score (nSPS) is 12.9. The van der Waals surface area contributed by atoms with Crippen molar-refractivity contribution in [3.8, 4) is 5.75 Å². The van der Waals surface area contributed by atoms with E-state index in [1.54, 1.807) is 0 Å². The number of rotatable bonds is 4. The van der Waals surface area contributed by atoms with Gasteiger partial charge in [-0.3, -0.25) is 14.2 Å². The molecule has 0 bridgehead atoms. The summed E-state index contributed by atoms with van der Waals surface area (Å²) in [5.41, 5.74) is -1.54. The van der Waals surface area contributed by atoms with Crippen LogP contribution in [0.1, 0.15) is 32.2 Å². The molecular weight excluding hydrogens is 361 g/mol. The topological polar surface area (TPSA) is 131 Å². The summed E-state index contributed by atoms with van der Waals surface area (Å²) < 4.78 is 19.5. The van der Waals surface area contributed by atoms with Crippen molar-refractivity contribution in [1.82, 2.24) is 14.9 Å². The van der Waals surface area contributed by atoms with E-state index in [1.165, 1.54) is 6.07 Å². The largest absolute Gasteiger partial charge is 0.501 e. The van der Waals surface area contributed by atoms with E-state index in [0.717, 1.165) is 16.7 Å². The molecule has 0 saturated carbocycles. The summed E-state index contributed by atoms with van der Waals surface area (Å²) in [5.74, 6) is -3.75. The van der Waals surface area contributed by atoms with Crippen LogP contribution in [0, 0.1) is 5.82 Å². The molecule has 1 aromatic carbocycles. The fourth-order valence-corrected chi connectivity index (χ4v) is 2.61. The van der Waals surface area contributed by atoms with E-state index in [2.05, 4.69) is 16.9 Å². The Morgan fingerprint density at radius 1 is 1.41 bits per heavy atom.